The number of methoxy groups -OCH3 is 1. The second-order valence-corrected chi connectivity index (χ2v) is 8.23. The number of rotatable bonds is 8. The summed E-state index contributed by atoms with van der Waals surface area (Å²) < 4.78 is 5.42. The summed E-state index contributed by atoms with van der Waals surface area (Å²) >= 11 is 0. The molecule has 0 saturated carbocycles. The number of hydrogen-bond acceptors (Lipinski definition) is 5. The van der Waals surface area contributed by atoms with Crippen molar-refractivity contribution in [3.05, 3.63) is 47.8 Å². The SMILES string of the molecule is CCN1C(=O)N(c2cc(OC)cc(C(=O)NCC(C)CCO)c2)Cc2cnc3[nH]ccc3c21. The van der Waals surface area contributed by atoms with E-state index in [-0.39, 0.29) is 24.5 Å². The van der Waals surface area contributed by atoms with E-state index in [1.807, 2.05) is 26.1 Å². The van der Waals surface area contributed by atoms with Gasteiger partial charge in [0.25, 0.3) is 5.91 Å². The zero-order valence-electron chi connectivity index (χ0n) is 19.1. The summed E-state index contributed by atoms with van der Waals surface area (Å²) in [6, 6.07) is 6.87. The van der Waals surface area contributed by atoms with Gasteiger partial charge in [-0.1, -0.05) is 6.92 Å². The van der Waals surface area contributed by atoms with Crippen LogP contribution in [0.2, 0.25) is 0 Å². The minimum atomic E-state index is -0.257. The number of carbonyl (C=O) groups is 2. The van der Waals surface area contributed by atoms with Gasteiger partial charge in [0.05, 0.1) is 25.0 Å². The third-order valence-electron chi connectivity index (χ3n) is 5.94. The molecule has 2 aromatic heterocycles. The molecule has 4 rings (SSSR count). The summed E-state index contributed by atoms with van der Waals surface area (Å²) in [6.45, 7) is 5.25. The Morgan fingerprint density at radius 3 is 2.91 bits per heavy atom. The average Bonchev–Trinajstić information content (AvgIpc) is 3.31. The topological polar surface area (TPSA) is 111 Å². The van der Waals surface area contributed by atoms with E-state index in [0.717, 1.165) is 22.3 Å². The average molecular weight is 452 g/mol. The smallest absolute Gasteiger partial charge is 0.329 e. The summed E-state index contributed by atoms with van der Waals surface area (Å²) in [6.07, 6.45) is 4.21. The molecule has 0 saturated heterocycles. The van der Waals surface area contributed by atoms with Gasteiger partial charge in [-0.25, -0.2) is 9.78 Å². The molecule has 0 radical (unpaired) electrons. The maximum absolute atomic E-state index is 13.5. The van der Waals surface area contributed by atoms with Gasteiger partial charge in [-0.05, 0) is 37.5 Å². The van der Waals surface area contributed by atoms with Crippen LogP contribution in [0.3, 0.4) is 0 Å². The van der Waals surface area contributed by atoms with E-state index in [1.165, 1.54) is 7.11 Å². The summed E-state index contributed by atoms with van der Waals surface area (Å²) in [5.74, 6) is 0.384. The molecular formula is C24H29N5O4. The van der Waals surface area contributed by atoms with Crippen LogP contribution in [0.25, 0.3) is 11.0 Å². The highest BCUT2D eigenvalue weighted by atomic mass is 16.5. The number of H-pyrrole nitrogens is 1. The van der Waals surface area contributed by atoms with E-state index in [1.54, 1.807) is 34.2 Å². The van der Waals surface area contributed by atoms with Crippen molar-refractivity contribution in [2.45, 2.75) is 26.8 Å². The molecule has 0 spiro atoms. The molecule has 174 valence electrons. The van der Waals surface area contributed by atoms with Gasteiger partial charge in [0.15, 0.2) is 0 Å². The van der Waals surface area contributed by atoms with Crippen LogP contribution in [0.4, 0.5) is 16.2 Å². The number of aliphatic hydroxyl groups excluding tert-OH is 1. The van der Waals surface area contributed by atoms with E-state index in [0.29, 0.717) is 43.1 Å². The largest absolute Gasteiger partial charge is 0.497 e. The Kier molecular flexibility index (Phi) is 6.50. The molecule has 3 N–H and O–H groups in total. The zero-order valence-corrected chi connectivity index (χ0v) is 19.1. The fourth-order valence-electron chi connectivity index (χ4n) is 4.12. The number of ether oxygens (including phenoxy) is 1. The van der Waals surface area contributed by atoms with Crippen LogP contribution in [-0.2, 0) is 6.54 Å². The van der Waals surface area contributed by atoms with E-state index in [2.05, 4.69) is 15.3 Å². The van der Waals surface area contributed by atoms with Gasteiger partial charge >= 0.3 is 6.03 Å². The number of pyridine rings is 1. The molecule has 1 aliphatic rings. The molecule has 1 atom stereocenters. The van der Waals surface area contributed by atoms with Crippen molar-refractivity contribution < 1.29 is 19.4 Å². The van der Waals surface area contributed by atoms with Crippen molar-refractivity contribution >= 4 is 34.3 Å². The molecular weight excluding hydrogens is 422 g/mol. The molecule has 1 unspecified atom stereocenters. The van der Waals surface area contributed by atoms with Gasteiger partial charge in [-0.3, -0.25) is 14.6 Å². The highest BCUT2D eigenvalue weighted by Gasteiger charge is 2.33. The first-order chi connectivity index (χ1) is 16.0. The van der Waals surface area contributed by atoms with Crippen molar-refractivity contribution in [3.8, 4) is 5.75 Å². The molecule has 0 fully saturated rings. The standard InChI is InChI=1S/C24H29N5O4/c1-4-28-21-17(13-26-22-20(21)5-7-25-22)14-29(24(28)32)18-9-16(10-19(11-18)33-3)23(31)27-12-15(2)6-8-30/h5,7,9-11,13,15,30H,4,6,8,12,14H2,1-3H3,(H,25,26)(H,27,31). The molecule has 0 bridgehead atoms. The third kappa shape index (κ3) is 4.36. The molecule has 0 aliphatic carbocycles. The molecule has 3 amide bonds. The molecule has 1 aromatic carbocycles. The van der Waals surface area contributed by atoms with Crippen molar-refractivity contribution in [2.75, 3.05) is 36.6 Å². The first-order valence-electron chi connectivity index (χ1n) is 11.1. The predicted molar refractivity (Wildman–Crippen MR) is 127 cm³/mol. The summed E-state index contributed by atoms with van der Waals surface area (Å²) in [4.78, 5) is 37.3. The molecule has 1 aliphatic heterocycles. The lowest BCUT2D eigenvalue weighted by molar-refractivity contribution is 0.0945. The number of anilines is 2. The van der Waals surface area contributed by atoms with Crippen molar-refractivity contribution in [2.24, 2.45) is 5.92 Å². The number of carbonyl (C=O) groups excluding carboxylic acids is 2. The van der Waals surface area contributed by atoms with Gasteiger partial charge in [-0.15, -0.1) is 0 Å². The lowest BCUT2D eigenvalue weighted by Crippen LogP contribution is -2.47. The number of aromatic nitrogens is 2. The zero-order chi connectivity index (χ0) is 23.5. The van der Waals surface area contributed by atoms with Gasteiger partial charge in [0.1, 0.15) is 11.4 Å². The van der Waals surface area contributed by atoms with Crippen LogP contribution < -0.4 is 19.9 Å². The van der Waals surface area contributed by atoms with Crippen LogP contribution >= 0.6 is 0 Å². The number of fused-ring (bicyclic) bond motifs is 3. The Balaban J connectivity index is 1.67. The van der Waals surface area contributed by atoms with Gasteiger partial charge in [0, 0.05) is 54.7 Å². The quantitative estimate of drug-likeness (QED) is 0.487. The minimum absolute atomic E-state index is 0.0801. The van der Waals surface area contributed by atoms with E-state index in [4.69, 9.17) is 9.84 Å². The lowest BCUT2D eigenvalue weighted by atomic mass is 10.1. The molecule has 9 heteroatoms. The molecule has 3 heterocycles. The highest BCUT2D eigenvalue weighted by Crippen LogP contribution is 2.37. The number of nitrogens with zero attached hydrogens (tertiary/aromatic N) is 3. The Hall–Kier alpha value is -3.59. The van der Waals surface area contributed by atoms with Crippen molar-refractivity contribution in [3.63, 3.8) is 0 Å². The van der Waals surface area contributed by atoms with Crippen LogP contribution in [-0.4, -0.2) is 53.8 Å². The Morgan fingerprint density at radius 1 is 1.36 bits per heavy atom. The number of urea groups is 1. The summed E-state index contributed by atoms with van der Waals surface area (Å²) in [5.41, 5.74) is 3.51. The maximum atomic E-state index is 13.5. The van der Waals surface area contributed by atoms with E-state index < -0.39 is 0 Å². The van der Waals surface area contributed by atoms with Crippen LogP contribution in [0, 0.1) is 5.92 Å². The van der Waals surface area contributed by atoms with Crippen molar-refractivity contribution in [1.29, 1.82) is 0 Å². The van der Waals surface area contributed by atoms with Crippen LogP contribution in [0.15, 0.2) is 36.7 Å². The van der Waals surface area contributed by atoms with Gasteiger partial charge < -0.3 is 20.1 Å². The number of amides is 3. The first kappa shape index (κ1) is 22.6. The normalized spacial score (nSPS) is 14.4. The Morgan fingerprint density at radius 2 is 2.18 bits per heavy atom. The van der Waals surface area contributed by atoms with Gasteiger partial charge in [-0.2, -0.15) is 0 Å². The summed E-state index contributed by atoms with van der Waals surface area (Å²) in [5, 5.41) is 12.9. The number of nitrogens with one attached hydrogen (secondary N) is 2. The predicted octanol–water partition coefficient (Wildman–Crippen LogP) is 3.29. The second kappa shape index (κ2) is 9.50. The maximum Gasteiger partial charge on any atom is 0.329 e. The lowest BCUT2D eigenvalue weighted by Gasteiger charge is -2.37. The number of hydrogen-bond donors (Lipinski definition) is 3. The molecule has 9 nitrogen and oxygen atoms in total. The fraction of sp³-hybridized carbons (Fsp3) is 0.375. The number of benzene rings is 1. The molecule has 33 heavy (non-hydrogen) atoms. The monoisotopic (exact) mass is 451 g/mol. The van der Waals surface area contributed by atoms with E-state index >= 15 is 0 Å². The summed E-state index contributed by atoms with van der Waals surface area (Å²) in [7, 11) is 1.53. The first-order valence-corrected chi connectivity index (χ1v) is 11.1. The van der Waals surface area contributed by atoms with Gasteiger partial charge in [0.2, 0.25) is 0 Å². The fourth-order valence-corrected chi connectivity index (χ4v) is 4.12. The third-order valence-corrected chi connectivity index (χ3v) is 5.94. The Labute approximate surface area is 192 Å². The highest BCUT2D eigenvalue weighted by molar-refractivity contribution is 6.11. The number of aromatic amines is 1. The van der Waals surface area contributed by atoms with Crippen LogP contribution in [0.5, 0.6) is 5.75 Å². The second-order valence-electron chi connectivity index (χ2n) is 8.23. The van der Waals surface area contributed by atoms with E-state index in [9.17, 15) is 9.59 Å². The number of aliphatic hydroxyl groups is 1. The van der Waals surface area contributed by atoms with Crippen molar-refractivity contribution in [1.82, 2.24) is 15.3 Å². The molecule has 3 aromatic rings. The Bertz CT molecular complexity index is 1170. The minimum Gasteiger partial charge on any atom is -0.497 e. The van der Waals surface area contributed by atoms with Crippen LogP contribution in [0.1, 0.15) is 36.2 Å².